The van der Waals surface area contributed by atoms with Crippen LogP contribution >= 0.6 is 0 Å². The number of nitrogens with zero attached hydrogens (tertiary/aromatic N) is 3. The van der Waals surface area contributed by atoms with E-state index in [9.17, 15) is 4.79 Å². The van der Waals surface area contributed by atoms with Crippen molar-refractivity contribution in [1.29, 1.82) is 5.26 Å². The van der Waals surface area contributed by atoms with Gasteiger partial charge in [0.15, 0.2) is 0 Å². The van der Waals surface area contributed by atoms with Gasteiger partial charge in [0.25, 0.3) is 0 Å². The van der Waals surface area contributed by atoms with Crippen LogP contribution in [0, 0.1) is 16.7 Å². The van der Waals surface area contributed by atoms with Gasteiger partial charge in [-0.15, -0.1) is 0 Å². The summed E-state index contributed by atoms with van der Waals surface area (Å²) in [6.07, 6.45) is 3.58. The maximum absolute atomic E-state index is 12.2. The molecule has 0 radical (unpaired) electrons. The highest BCUT2D eigenvalue weighted by Gasteiger charge is 2.52. The first-order valence-electron chi connectivity index (χ1n) is 6.54. The van der Waals surface area contributed by atoms with Crippen LogP contribution < -0.4 is 0 Å². The van der Waals surface area contributed by atoms with Gasteiger partial charge in [0, 0.05) is 26.2 Å². The number of carbonyl (C=O) groups is 1. The average molecular weight is 235 g/mol. The first-order chi connectivity index (χ1) is 8.13. The lowest BCUT2D eigenvalue weighted by atomic mass is 10.0. The minimum Gasteiger partial charge on any atom is -0.341 e. The van der Waals surface area contributed by atoms with Crippen molar-refractivity contribution in [2.24, 2.45) is 5.41 Å². The molecule has 4 nitrogen and oxygen atoms in total. The fourth-order valence-electron chi connectivity index (χ4n) is 2.62. The minimum absolute atomic E-state index is 0.0509. The Morgan fingerprint density at radius 3 is 2.47 bits per heavy atom. The van der Waals surface area contributed by atoms with Crippen LogP contribution in [0.5, 0.6) is 0 Å². The normalized spacial score (nSPS) is 24.1. The second-order valence-electron chi connectivity index (χ2n) is 5.28. The van der Waals surface area contributed by atoms with E-state index in [0.717, 1.165) is 45.3 Å². The summed E-state index contributed by atoms with van der Waals surface area (Å²) in [5.41, 5.74) is -0.656. The molecule has 1 saturated carbocycles. The molecule has 0 aromatic rings. The molecule has 0 unspecified atom stereocenters. The van der Waals surface area contributed by atoms with Crippen LogP contribution in [-0.4, -0.2) is 48.4 Å². The molecule has 0 bridgehead atoms. The molecular formula is C13H21N3O. The number of piperidine rings is 1. The Hall–Kier alpha value is -1.08. The van der Waals surface area contributed by atoms with Crippen molar-refractivity contribution in [3.05, 3.63) is 0 Å². The van der Waals surface area contributed by atoms with E-state index in [0.29, 0.717) is 6.04 Å². The zero-order valence-electron chi connectivity index (χ0n) is 10.8. The molecule has 0 N–H and O–H groups in total. The van der Waals surface area contributed by atoms with Crippen molar-refractivity contribution >= 4 is 5.91 Å². The summed E-state index contributed by atoms with van der Waals surface area (Å²) < 4.78 is 0. The van der Waals surface area contributed by atoms with E-state index in [1.807, 2.05) is 11.9 Å². The topological polar surface area (TPSA) is 47.3 Å². The first-order valence-corrected chi connectivity index (χ1v) is 6.54. The molecule has 4 heteroatoms. The average Bonchev–Trinajstić information content (AvgIpc) is 3.18. The molecule has 1 aliphatic carbocycles. The molecule has 0 spiro atoms. The molecule has 2 aliphatic rings. The third-order valence-electron chi connectivity index (χ3n) is 4.25. The fourth-order valence-corrected chi connectivity index (χ4v) is 2.62. The molecule has 0 atom stereocenters. The van der Waals surface area contributed by atoms with Crippen LogP contribution in [0.15, 0.2) is 0 Å². The van der Waals surface area contributed by atoms with Crippen LogP contribution in [-0.2, 0) is 4.79 Å². The maximum atomic E-state index is 12.2. The van der Waals surface area contributed by atoms with E-state index in [-0.39, 0.29) is 5.91 Å². The van der Waals surface area contributed by atoms with Crippen LogP contribution in [0.1, 0.15) is 32.6 Å². The number of hydrogen-bond donors (Lipinski definition) is 0. The molecule has 0 aromatic heterocycles. The van der Waals surface area contributed by atoms with Crippen LogP contribution in [0.4, 0.5) is 0 Å². The lowest BCUT2D eigenvalue weighted by molar-refractivity contribution is -0.136. The van der Waals surface area contributed by atoms with Crippen molar-refractivity contribution in [1.82, 2.24) is 9.80 Å². The highest BCUT2D eigenvalue weighted by Crippen LogP contribution is 2.46. The Balaban J connectivity index is 1.91. The van der Waals surface area contributed by atoms with Crippen molar-refractivity contribution in [3.8, 4) is 6.07 Å². The van der Waals surface area contributed by atoms with Crippen molar-refractivity contribution in [2.75, 3.05) is 26.7 Å². The lowest BCUT2D eigenvalue weighted by Crippen LogP contribution is -2.47. The Kier molecular flexibility index (Phi) is 3.39. The van der Waals surface area contributed by atoms with Gasteiger partial charge in [-0.1, -0.05) is 6.92 Å². The van der Waals surface area contributed by atoms with Crippen molar-refractivity contribution < 1.29 is 4.79 Å². The van der Waals surface area contributed by atoms with Gasteiger partial charge in [0.2, 0.25) is 5.91 Å². The quantitative estimate of drug-likeness (QED) is 0.739. The number of nitriles is 1. The highest BCUT2D eigenvalue weighted by atomic mass is 16.2. The monoisotopic (exact) mass is 235 g/mol. The smallest absolute Gasteiger partial charge is 0.243 e. The third-order valence-corrected chi connectivity index (χ3v) is 4.25. The molecule has 17 heavy (non-hydrogen) atoms. The van der Waals surface area contributed by atoms with Crippen LogP contribution in [0.3, 0.4) is 0 Å². The summed E-state index contributed by atoms with van der Waals surface area (Å²) in [5.74, 6) is 0.0509. The molecular weight excluding hydrogens is 214 g/mol. The van der Waals surface area contributed by atoms with Crippen LogP contribution in [0.25, 0.3) is 0 Å². The van der Waals surface area contributed by atoms with E-state index in [4.69, 9.17) is 5.26 Å². The zero-order chi connectivity index (χ0) is 12.5. The first kappa shape index (κ1) is 12.4. The molecule has 2 rings (SSSR count). The van der Waals surface area contributed by atoms with Gasteiger partial charge in [-0.05, 0) is 32.2 Å². The molecule has 1 amide bonds. The Labute approximate surface area is 103 Å². The van der Waals surface area contributed by atoms with Gasteiger partial charge in [0.05, 0.1) is 6.07 Å². The third kappa shape index (κ3) is 2.30. The van der Waals surface area contributed by atoms with E-state index in [1.54, 1.807) is 0 Å². The van der Waals surface area contributed by atoms with E-state index >= 15 is 0 Å². The maximum Gasteiger partial charge on any atom is 0.243 e. The summed E-state index contributed by atoms with van der Waals surface area (Å²) in [7, 11) is 1.87. The SMILES string of the molecule is CCN1CCC(N(C)C(=O)C2(C#N)CC2)CC1. The number of carbonyl (C=O) groups excluding carboxylic acids is 1. The van der Waals surface area contributed by atoms with E-state index < -0.39 is 5.41 Å². The second-order valence-corrected chi connectivity index (χ2v) is 5.28. The number of amides is 1. The zero-order valence-corrected chi connectivity index (χ0v) is 10.8. The summed E-state index contributed by atoms with van der Waals surface area (Å²) in [5, 5.41) is 9.05. The van der Waals surface area contributed by atoms with Crippen molar-refractivity contribution in [3.63, 3.8) is 0 Å². The van der Waals surface area contributed by atoms with E-state index in [2.05, 4.69) is 17.9 Å². The number of rotatable bonds is 3. The largest absolute Gasteiger partial charge is 0.341 e. The van der Waals surface area contributed by atoms with Gasteiger partial charge in [0.1, 0.15) is 5.41 Å². The van der Waals surface area contributed by atoms with Gasteiger partial charge in [-0.2, -0.15) is 5.26 Å². The molecule has 0 aromatic carbocycles. The fraction of sp³-hybridized carbons (Fsp3) is 0.846. The molecule has 1 aliphatic heterocycles. The van der Waals surface area contributed by atoms with Crippen LogP contribution in [0.2, 0.25) is 0 Å². The van der Waals surface area contributed by atoms with Gasteiger partial charge in [-0.25, -0.2) is 0 Å². The molecule has 1 heterocycles. The summed E-state index contributed by atoms with van der Waals surface area (Å²) >= 11 is 0. The Bertz CT molecular complexity index is 335. The molecule has 1 saturated heterocycles. The van der Waals surface area contributed by atoms with Gasteiger partial charge in [-0.3, -0.25) is 4.79 Å². The Morgan fingerprint density at radius 1 is 1.47 bits per heavy atom. The standard InChI is InChI=1S/C13H21N3O/c1-3-16-8-4-11(5-9-16)15(2)12(17)13(10-14)6-7-13/h11H,3-9H2,1-2H3. The van der Waals surface area contributed by atoms with E-state index in [1.165, 1.54) is 0 Å². The van der Waals surface area contributed by atoms with Gasteiger partial charge >= 0.3 is 0 Å². The van der Waals surface area contributed by atoms with Crippen molar-refractivity contribution in [2.45, 2.75) is 38.6 Å². The molecule has 2 fully saturated rings. The number of likely N-dealkylation sites (tertiary alicyclic amines) is 1. The minimum atomic E-state index is -0.656. The predicted molar refractivity (Wildman–Crippen MR) is 65.2 cm³/mol. The summed E-state index contributed by atoms with van der Waals surface area (Å²) in [6.45, 7) is 5.40. The summed E-state index contributed by atoms with van der Waals surface area (Å²) in [4.78, 5) is 16.4. The second kappa shape index (κ2) is 4.66. The highest BCUT2D eigenvalue weighted by molar-refractivity contribution is 5.88. The lowest BCUT2D eigenvalue weighted by Gasteiger charge is -2.37. The summed E-state index contributed by atoms with van der Waals surface area (Å²) in [6, 6.07) is 2.52. The van der Waals surface area contributed by atoms with Gasteiger partial charge < -0.3 is 9.80 Å². The predicted octanol–water partition coefficient (Wildman–Crippen LogP) is 1.23. The Morgan fingerprint density at radius 2 is 2.06 bits per heavy atom. The number of hydrogen-bond acceptors (Lipinski definition) is 3. The molecule has 94 valence electrons.